The Hall–Kier alpha value is -5.56. The fraction of sp³-hybridized carbons (Fsp3) is 0.300. The van der Waals surface area contributed by atoms with Crippen molar-refractivity contribution in [2.24, 2.45) is 5.92 Å². The molecular formula is C40H41N9O3. The smallest absolute Gasteiger partial charge is 0.307 e. The molecule has 264 valence electrons. The molecule has 0 bridgehead atoms. The minimum Gasteiger partial charge on any atom is -0.481 e. The van der Waals surface area contributed by atoms with Crippen molar-refractivity contribution in [3.05, 3.63) is 102 Å². The Morgan fingerprint density at radius 2 is 1.44 bits per heavy atom. The number of rotatable bonds is 10. The summed E-state index contributed by atoms with van der Waals surface area (Å²) >= 11 is 0. The molecule has 0 radical (unpaired) electrons. The van der Waals surface area contributed by atoms with Gasteiger partial charge in [0.15, 0.2) is 11.6 Å². The van der Waals surface area contributed by atoms with E-state index in [9.17, 15) is 15.0 Å². The normalized spacial score (nSPS) is 18.0. The number of aliphatic carboxylic acids is 1. The Kier molecular flexibility index (Phi) is 9.18. The van der Waals surface area contributed by atoms with Crippen LogP contribution >= 0.6 is 0 Å². The topological polar surface area (TPSA) is 153 Å². The zero-order valence-corrected chi connectivity index (χ0v) is 29.3. The van der Waals surface area contributed by atoms with Crippen LogP contribution in [0.4, 0.5) is 23.0 Å². The summed E-state index contributed by atoms with van der Waals surface area (Å²) in [5.41, 5.74) is 10.3. The molecule has 12 nitrogen and oxygen atoms in total. The highest BCUT2D eigenvalue weighted by Gasteiger charge is 2.28. The number of aliphatic hydroxyl groups is 1. The molecule has 0 spiro atoms. The molecule has 2 saturated heterocycles. The minimum absolute atomic E-state index is 0.246. The van der Waals surface area contributed by atoms with E-state index in [1.54, 1.807) is 12.4 Å². The lowest BCUT2D eigenvalue weighted by atomic mass is 9.94. The van der Waals surface area contributed by atoms with E-state index in [2.05, 4.69) is 74.6 Å². The maximum atomic E-state index is 11.4. The first-order chi connectivity index (χ1) is 25.3. The molecule has 6 aromatic rings. The van der Waals surface area contributed by atoms with Crippen LogP contribution in [-0.2, 0) is 17.9 Å². The highest BCUT2D eigenvalue weighted by atomic mass is 16.4. The number of carboxylic acid groups (broad SMARTS) is 1. The molecule has 0 saturated carbocycles. The number of pyridine rings is 3. The lowest BCUT2D eigenvalue weighted by molar-refractivity contribution is -0.141. The molecule has 2 unspecified atom stereocenters. The van der Waals surface area contributed by atoms with Crippen molar-refractivity contribution in [1.29, 1.82) is 0 Å². The van der Waals surface area contributed by atoms with Gasteiger partial charge in [-0.25, -0.2) is 19.9 Å². The van der Waals surface area contributed by atoms with Crippen LogP contribution in [0, 0.1) is 19.8 Å². The molecule has 4 N–H and O–H groups in total. The number of carbonyl (C=O) groups is 1. The monoisotopic (exact) mass is 695 g/mol. The molecule has 2 atom stereocenters. The first-order valence-corrected chi connectivity index (χ1v) is 17.7. The second-order valence-corrected chi connectivity index (χ2v) is 13.9. The average Bonchev–Trinajstić information content (AvgIpc) is 3.79. The van der Waals surface area contributed by atoms with Gasteiger partial charge in [-0.15, -0.1) is 0 Å². The van der Waals surface area contributed by atoms with Crippen LogP contribution < -0.4 is 10.6 Å². The molecule has 2 aliphatic heterocycles. The van der Waals surface area contributed by atoms with Gasteiger partial charge >= 0.3 is 5.97 Å². The summed E-state index contributed by atoms with van der Waals surface area (Å²) in [6.07, 6.45) is 8.43. The standard InChI is InChI=1S/C40H41N9O3/c1-24-31(5-3-7-33(24)46-38-36-27(9-13-41-38)17-26(18-43-36)20-48-16-12-30(50)23-48)32-6-4-8-34(25(32)2)47-39-37-35(10-14-42-39)45-29(19-44-37)22-49-15-11-28(21-49)40(51)52/h3-10,13-14,17-19,28,30,50H,11-12,15-16,20-23H2,1-2H3,(H,41,46)(H,42,47)(H,51,52). The number of β-amino-alcohol motifs (C(OH)–C–C–N with tert-alkyl or cyclic N) is 1. The number of nitrogens with zero attached hydrogens (tertiary/aromatic N) is 7. The van der Waals surface area contributed by atoms with Crippen molar-refractivity contribution < 1.29 is 15.0 Å². The Morgan fingerprint density at radius 3 is 2.12 bits per heavy atom. The van der Waals surface area contributed by atoms with Crippen LogP contribution in [0.25, 0.3) is 33.1 Å². The number of likely N-dealkylation sites (tertiary alicyclic amines) is 2. The van der Waals surface area contributed by atoms with Gasteiger partial charge in [0.2, 0.25) is 0 Å². The number of carboxylic acids is 1. The largest absolute Gasteiger partial charge is 0.481 e. The maximum absolute atomic E-state index is 11.4. The van der Waals surface area contributed by atoms with Gasteiger partial charge in [-0.2, -0.15) is 0 Å². The average molecular weight is 696 g/mol. The van der Waals surface area contributed by atoms with Gasteiger partial charge in [0.05, 0.1) is 29.4 Å². The number of hydrogen-bond donors (Lipinski definition) is 4. The molecule has 2 aromatic carbocycles. The van der Waals surface area contributed by atoms with E-state index in [4.69, 9.17) is 15.0 Å². The maximum Gasteiger partial charge on any atom is 0.307 e. The second-order valence-electron chi connectivity index (χ2n) is 13.9. The van der Waals surface area contributed by atoms with Gasteiger partial charge in [-0.05, 0) is 91.4 Å². The number of fused-ring (bicyclic) bond motifs is 2. The molecule has 2 aliphatic rings. The third-order valence-corrected chi connectivity index (χ3v) is 10.3. The van der Waals surface area contributed by atoms with Gasteiger partial charge in [0.1, 0.15) is 11.0 Å². The van der Waals surface area contributed by atoms with E-state index in [1.807, 2.05) is 36.7 Å². The van der Waals surface area contributed by atoms with Crippen molar-refractivity contribution in [3.63, 3.8) is 0 Å². The van der Waals surface area contributed by atoms with Gasteiger partial charge in [0, 0.05) is 68.1 Å². The lowest BCUT2D eigenvalue weighted by Crippen LogP contribution is -2.23. The number of aromatic nitrogens is 5. The third kappa shape index (κ3) is 6.88. The summed E-state index contributed by atoms with van der Waals surface area (Å²) in [5, 5.41) is 27.4. The van der Waals surface area contributed by atoms with Crippen LogP contribution in [0.15, 0.2) is 79.4 Å². The predicted octanol–water partition coefficient (Wildman–Crippen LogP) is 6.21. The van der Waals surface area contributed by atoms with E-state index in [-0.39, 0.29) is 12.0 Å². The van der Waals surface area contributed by atoms with Gasteiger partial charge in [-0.1, -0.05) is 24.3 Å². The van der Waals surface area contributed by atoms with Crippen LogP contribution in [0.1, 0.15) is 35.2 Å². The predicted molar refractivity (Wildman–Crippen MR) is 202 cm³/mol. The highest BCUT2D eigenvalue weighted by Crippen LogP contribution is 2.36. The van der Waals surface area contributed by atoms with Crippen LogP contribution in [0.2, 0.25) is 0 Å². The van der Waals surface area contributed by atoms with E-state index in [0.717, 1.165) is 87.4 Å². The number of hydrogen-bond acceptors (Lipinski definition) is 11. The zero-order valence-electron chi connectivity index (χ0n) is 29.3. The molecule has 4 aromatic heterocycles. The van der Waals surface area contributed by atoms with Crippen molar-refractivity contribution in [2.75, 3.05) is 36.8 Å². The number of nitrogens with one attached hydrogen (secondary N) is 2. The number of benzene rings is 2. The molecule has 6 heterocycles. The van der Waals surface area contributed by atoms with Crippen molar-refractivity contribution >= 4 is 50.9 Å². The van der Waals surface area contributed by atoms with Crippen molar-refractivity contribution in [3.8, 4) is 11.1 Å². The molecule has 2 fully saturated rings. The van der Waals surface area contributed by atoms with E-state index in [0.29, 0.717) is 43.2 Å². The fourth-order valence-corrected chi connectivity index (χ4v) is 7.44. The summed E-state index contributed by atoms with van der Waals surface area (Å²) in [5.74, 6) is 0.245. The summed E-state index contributed by atoms with van der Waals surface area (Å²) in [6, 6.07) is 18.4. The number of anilines is 4. The van der Waals surface area contributed by atoms with E-state index >= 15 is 0 Å². The van der Waals surface area contributed by atoms with Crippen molar-refractivity contribution in [2.45, 2.75) is 45.9 Å². The van der Waals surface area contributed by atoms with E-state index in [1.165, 1.54) is 0 Å². The highest BCUT2D eigenvalue weighted by molar-refractivity contribution is 5.92. The number of aliphatic hydroxyl groups excluding tert-OH is 1. The first kappa shape index (κ1) is 33.6. The van der Waals surface area contributed by atoms with Crippen LogP contribution in [0.3, 0.4) is 0 Å². The minimum atomic E-state index is -0.741. The van der Waals surface area contributed by atoms with Gasteiger partial charge < -0.3 is 20.8 Å². The SMILES string of the molecule is Cc1c(Nc2nccc3cc(CN4CCC(O)C4)cnc23)cccc1-c1cccc(Nc2nccc3nc(CN4CCC(C(=O)O)C4)cnc23)c1C. The lowest BCUT2D eigenvalue weighted by Gasteiger charge is -2.18. The second kappa shape index (κ2) is 14.2. The first-order valence-electron chi connectivity index (χ1n) is 17.7. The Bertz CT molecular complexity index is 2300. The molecule has 0 aliphatic carbocycles. The molecule has 52 heavy (non-hydrogen) atoms. The summed E-state index contributed by atoms with van der Waals surface area (Å²) in [6.45, 7) is 8.39. The van der Waals surface area contributed by atoms with E-state index < -0.39 is 5.97 Å². The molecular weight excluding hydrogens is 655 g/mol. The molecule has 12 heteroatoms. The van der Waals surface area contributed by atoms with Gasteiger partial charge in [-0.3, -0.25) is 19.6 Å². The van der Waals surface area contributed by atoms with Crippen LogP contribution in [-0.4, -0.2) is 83.2 Å². The van der Waals surface area contributed by atoms with Crippen molar-refractivity contribution in [1.82, 2.24) is 34.7 Å². The summed E-state index contributed by atoms with van der Waals surface area (Å²) in [7, 11) is 0. The molecule has 8 rings (SSSR count). The van der Waals surface area contributed by atoms with Crippen LogP contribution in [0.5, 0.6) is 0 Å². The molecule has 0 amide bonds. The Balaban J connectivity index is 1.02. The Morgan fingerprint density at radius 1 is 0.788 bits per heavy atom. The summed E-state index contributed by atoms with van der Waals surface area (Å²) < 4.78 is 0. The zero-order chi connectivity index (χ0) is 35.8. The third-order valence-electron chi connectivity index (χ3n) is 10.3. The quantitative estimate of drug-likeness (QED) is 0.129. The fourth-order valence-electron chi connectivity index (χ4n) is 7.44. The Labute approximate surface area is 301 Å². The summed E-state index contributed by atoms with van der Waals surface area (Å²) in [4.78, 5) is 39.5. The van der Waals surface area contributed by atoms with Gasteiger partial charge in [0.25, 0.3) is 0 Å².